The molecule has 0 bridgehead atoms. The van der Waals surface area contributed by atoms with Gasteiger partial charge in [-0.05, 0) is 41.1 Å². The fourth-order valence-electron chi connectivity index (χ4n) is 1.38. The Morgan fingerprint density at radius 3 is 2.73 bits per heavy atom. The molecule has 15 heavy (non-hydrogen) atoms. The van der Waals surface area contributed by atoms with Crippen LogP contribution in [0.5, 0.6) is 0 Å². The summed E-state index contributed by atoms with van der Waals surface area (Å²) in [7, 11) is 0. The van der Waals surface area contributed by atoms with Gasteiger partial charge in [0.15, 0.2) is 6.29 Å². The van der Waals surface area contributed by atoms with E-state index in [-0.39, 0.29) is 0 Å². The van der Waals surface area contributed by atoms with E-state index in [9.17, 15) is 4.79 Å². The molecule has 1 aromatic rings. The lowest BCUT2D eigenvalue weighted by Crippen LogP contribution is -2.22. The first kappa shape index (κ1) is 12.0. The molecule has 0 radical (unpaired) electrons. The molecule has 0 aliphatic rings. The Balaban J connectivity index is 2.98. The Morgan fingerprint density at radius 2 is 2.27 bits per heavy atom. The lowest BCUT2D eigenvalue weighted by atomic mass is 10.2. The van der Waals surface area contributed by atoms with Crippen LogP contribution in [0.1, 0.15) is 17.3 Å². The molecule has 3 heteroatoms. The summed E-state index contributed by atoms with van der Waals surface area (Å²) in [6, 6.07) is 5.72. The highest BCUT2D eigenvalue weighted by atomic mass is 79.9. The van der Waals surface area contributed by atoms with Crippen molar-refractivity contribution in [2.45, 2.75) is 6.92 Å². The molecule has 0 unspecified atom stereocenters. The monoisotopic (exact) mass is 267 g/mol. The Labute approximate surface area is 98.7 Å². The average Bonchev–Trinajstić information content (AvgIpc) is 2.25. The number of rotatable bonds is 5. The maximum atomic E-state index is 10.6. The van der Waals surface area contributed by atoms with Gasteiger partial charge in [-0.25, -0.2) is 0 Å². The summed E-state index contributed by atoms with van der Waals surface area (Å²) in [6.07, 6.45) is 2.71. The van der Waals surface area contributed by atoms with Crippen LogP contribution >= 0.6 is 15.9 Å². The zero-order valence-electron chi connectivity index (χ0n) is 8.74. The van der Waals surface area contributed by atoms with Gasteiger partial charge in [-0.15, -0.1) is 6.58 Å². The van der Waals surface area contributed by atoms with Crippen molar-refractivity contribution >= 4 is 27.9 Å². The molecule has 2 nitrogen and oxygen atoms in total. The summed E-state index contributed by atoms with van der Waals surface area (Å²) in [6.45, 7) is 7.53. The highest BCUT2D eigenvalue weighted by Gasteiger charge is 2.05. The number of carbonyl (C=O) groups excluding carboxylic acids is 1. The number of likely N-dealkylation sites (N-methyl/N-ethyl adjacent to an activating group) is 1. The van der Waals surface area contributed by atoms with E-state index in [2.05, 4.69) is 34.3 Å². The molecule has 0 amide bonds. The van der Waals surface area contributed by atoms with Crippen molar-refractivity contribution in [1.29, 1.82) is 0 Å². The first-order valence-corrected chi connectivity index (χ1v) is 5.62. The van der Waals surface area contributed by atoms with E-state index in [0.29, 0.717) is 5.56 Å². The van der Waals surface area contributed by atoms with Gasteiger partial charge in [0.05, 0.1) is 0 Å². The zero-order chi connectivity index (χ0) is 11.3. The summed E-state index contributed by atoms with van der Waals surface area (Å²) in [5, 5.41) is 0. The van der Waals surface area contributed by atoms with Gasteiger partial charge in [-0.1, -0.05) is 6.08 Å². The highest BCUT2D eigenvalue weighted by molar-refractivity contribution is 9.10. The second-order valence-electron chi connectivity index (χ2n) is 3.15. The van der Waals surface area contributed by atoms with E-state index in [1.54, 1.807) is 0 Å². The van der Waals surface area contributed by atoms with Crippen LogP contribution in [0.4, 0.5) is 5.69 Å². The van der Waals surface area contributed by atoms with E-state index < -0.39 is 0 Å². The van der Waals surface area contributed by atoms with Gasteiger partial charge in [0.1, 0.15) is 0 Å². The van der Waals surface area contributed by atoms with E-state index in [0.717, 1.165) is 29.5 Å². The second kappa shape index (κ2) is 5.71. The van der Waals surface area contributed by atoms with Gasteiger partial charge in [0.2, 0.25) is 0 Å². The molecule has 0 fully saturated rings. The van der Waals surface area contributed by atoms with Crippen molar-refractivity contribution in [3.8, 4) is 0 Å². The van der Waals surface area contributed by atoms with Gasteiger partial charge in [0, 0.05) is 28.8 Å². The maximum absolute atomic E-state index is 10.6. The lowest BCUT2D eigenvalue weighted by Gasteiger charge is -2.21. The summed E-state index contributed by atoms with van der Waals surface area (Å²) >= 11 is 3.37. The summed E-state index contributed by atoms with van der Waals surface area (Å²) < 4.78 is 0.831. The molecule has 0 aromatic heterocycles. The van der Waals surface area contributed by atoms with Crippen LogP contribution in [0.3, 0.4) is 0 Å². The van der Waals surface area contributed by atoms with Crippen LogP contribution < -0.4 is 4.90 Å². The molecule has 0 saturated heterocycles. The number of carbonyl (C=O) groups is 1. The molecule has 0 spiro atoms. The third kappa shape index (κ3) is 2.93. The molecule has 0 saturated carbocycles. The summed E-state index contributed by atoms with van der Waals surface area (Å²) in [4.78, 5) is 12.8. The maximum Gasteiger partial charge on any atom is 0.151 e. The quantitative estimate of drug-likeness (QED) is 0.603. The van der Waals surface area contributed by atoms with Crippen LogP contribution in [0.2, 0.25) is 0 Å². The molecule has 1 aromatic carbocycles. The smallest absolute Gasteiger partial charge is 0.151 e. The first-order valence-electron chi connectivity index (χ1n) is 4.83. The number of benzene rings is 1. The third-order valence-electron chi connectivity index (χ3n) is 2.21. The number of anilines is 1. The van der Waals surface area contributed by atoms with Gasteiger partial charge in [-0.2, -0.15) is 0 Å². The number of aldehydes is 1. The Morgan fingerprint density at radius 1 is 1.53 bits per heavy atom. The topological polar surface area (TPSA) is 20.3 Å². The second-order valence-corrected chi connectivity index (χ2v) is 4.01. The number of hydrogen-bond acceptors (Lipinski definition) is 2. The standard InChI is InChI=1S/C12H14BrNO/c1-3-7-14(4-2)11-6-5-10(9-15)12(13)8-11/h3,5-6,8-9H,1,4,7H2,2H3. The molecular weight excluding hydrogens is 254 g/mol. The van der Waals surface area contributed by atoms with Crippen molar-refractivity contribution < 1.29 is 4.79 Å². The molecule has 0 atom stereocenters. The van der Waals surface area contributed by atoms with Crippen LogP contribution in [0.15, 0.2) is 35.3 Å². The minimum atomic E-state index is 0.674. The molecule has 80 valence electrons. The fourth-order valence-corrected chi connectivity index (χ4v) is 1.84. The normalized spacial score (nSPS) is 9.73. The fraction of sp³-hybridized carbons (Fsp3) is 0.250. The van der Waals surface area contributed by atoms with Crippen LogP contribution in [-0.4, -0.2) is 19.4 Å². The zero-order valence-corrected chi connectivity index (χ0v) is 10.3. The number of hydrogen-bond donors (Lipinski definition) is 0. The van der Waals surface area contributed by atoms with Crippen LogP contribution in [0.25, 0.3) is 0 Å². The van der Waals surface area contributed by atoms with E-state index >= 15 is 0 Å². The molecule has 0 aliphatic carbocycles. The molecule has 0 N–H and O–H groups in total. The molecule has 0 aliphatic heterocycles. The number of nitrogens with zero attached hydrogens (tertiary/aromatic N) is 1. The lowest BCUT2D eigenvalue weighted by molar-refractivity contribution is 0.112. The Bertz CT molecular complexity index is 363. The van der Waals surface area contributed by atoms with E-state index in [1.807, 2.05) is 24.3 Å². The van der Waals surface area contributed by atoms with Crippen LogP contribution in [0, 0.1) is 0 Å². The van der Waals surface area contributed by atoms with E-state index in [4.69, 9.17) is 0 Å². The first-order chi connectivity index (χ1) is 7.22. The van der Waals surface area contributed by atoms with Crippen molar-refractivity contribution in [1.82, 2.24) is 0 Å². The molecule has 1 rings (SSSR count). The number of halogens is 1. The van der Waals surface area contributed by atoms with Crippen molar-refractivity contribution in [3.63, 3.8) is 0 Å². The predicted molar refractivity (Wildman–Crippen MR) is 67.6 cm³/mol. The van der Waals surface area contributed by atoms with Gasteiger partial charge >= 0.3 is 0 Å². The SMILES string of the molecule is C=CCN(CC)c1ccc(C=O)c(Br)c1. The van der Waals surface area contributed by atoms with Gasteiger partial charge < -0.3 is 4.90 Å². The minimum absolute atomic E-state index is 0.674. The van der Waals surface area contributed by atoms with Gasteiger partial charge in [-0.3, -0.25) is 4.79 Å². The van der Waals surface area contributed by atoms with Crippen molar-refractivity contribution in [2.24, 2.45) is 0 Å². The van der Waals surface area contributed by atoms with Crippen molar-refractivity contribution in [3.05, 3.63) is 40.9 Å². The minimum Gasteiger partial charge on any atom is -0.368 e. The molecular formula is C12H14BrNO. The third-order valence-corrected chi connectivity index (χ3v) is 2.89. The Hall–Kier alpha value is -1.09. The largest absolute Gasteiger partial charge is 0.368 e. The summed E-state index contributed by atoms with van der Waals surface area (Å²) in [5.74, 6) is 0. The van der Waals surface area contributed by atoms with Crippen molar-refractivity contribution in [2.75, 3.05) is 18.0 Å². The van der Waals surface area contributed by atoms with Crippen LogP contribution in [-0.2, 0) is 0 Å². The summed E-state index contributed by atoms with van der Waals surface area (Å²) in [5.41, 5.74) is 1.77. The van der Waals surface area contributed by atoms with E-state index in [1.165, 1.54) is 0 Å². The van der Waals surface area contributed by atoms with Gasteiger partial charge in [0.25, 0.3) is 0 Å². The average molecular weight is 268 g/mol. The molecule has 0 heterocycles. The predicted octanol–water partition coefficient (Wildman–Crippen LogP) is 3.27. The highest BCUT2D eigenvalue weighted by Crippen LogP contribution is 2.23. The Kier molecular flexibility index (Phi) is 4.56.